The van der Waals surface area contributed by atoms with E-state index >= 15 is 0 Å². The summed E-state index contributed by atoms with van der Waals surface area (Å²) in [7, 11) is 3.68. The van der Waals surface area contributed by atoms with E-state index in [4.69, 9.17) is 9.47 Å². The maximum atomic E-state index is 5.80. The Hall–Kier alpha value is -1.10. The van der Waals surface area contributed by atoms with Crippen LogP contribution in [-0.2, 0) is 11.3 Å². The van der Waals surface area contributed by atoms with Crippen LogP contribution in [0, 0.1) is 0 Å². The topological polar surface area (TPSA) is 33.7 Å². The van der Waals surface area contributed by atoms with E-state index in [0.717, 1.165) is 38.5 Å². The summed E-state index contributed by atoms with van der Waals surface area (Å²) in [4.78, 5) is 2.32. The summed E-state index contributed by atoms with van der Waals surface area (Å²) in [6.45, 7) is 7.40. The van der Waals surface area contributed by atoms with Gasteiger partial charge in [-0.1, -0.05) is 19.1 Å². The van der Waals surface area contributed by atoms with Crippen molar-refractivity contribution < 1.29 is 9.47 Å². The average molecular weight is 266 g/mol. The van der Waals surface area contributed by atoms with E-state index < -0.39 is 0 Å². The smallest absolute Gasteiger partial charge is 0.119 e. The van der Waals surface area contributed by atoms with Crippen LogP contribution in [0.15, 0.2) is 24.3 Å². The highest BCUT2D eigenvalue weighted by Crippen LogP contribution is 2.13. The summed E-state index contributed by atoms with van der Waals surface area (Å²) in [5.41, 5.74) is 1.24. The van der Waals surface area contributed by atoms with Crippen LogP contribution in [0.3, 0.4) is 0 Å². The van der Waals surface area contributed by atoms with Gasteiger partial charge in [0.25, 0.3) is 0 Å². The molecule has 0 aliphatic carbocycles. The minimum Gasteiger partial charge on any atom is -0.492 e. The molecule has 1 N–H and O–H groups in total. The number of methoxy groups -OCH3 is 1. The third kappa shape index (κ3) is 6.57. The summed E-state index contributed by atoms with van der Waals surface area (Å²) >= 11 is 0. The Balaban J connectivity index is 2.33. The molecule has 0 amide bonds. The molecule has 4 heteroatoms. The van der Waals surface area contributed by atoms with Gasteiger partial charge in [-0.3, -0.25) is 4.90 Å². The fourth-order valence-electron chi connectivity index (χ4n) is 1.89. The van der Waals surface area contributed by atoms with E-state index in [9.17, 15) is 0 Å². The number of hydrogen-bond acceptors (Lipinski definition) is 4. The zero-order valence-electron chi connectivity index (χ0n) is 12.3. The van der Waals surface area contributed by atoms with Crippen LogP contribution in [-0.4, -0.2) is 51.9 Å². The van der Waals surface area contributed by atoms with Crippen LogP contribution in [0.25, 0.3) is 0 Å². The lowest BCUT2D eigenvalue weighted by atomic mass is 10.2. The molecule has 0 bridgehead atoms. The highest BCUT2D eigenvalue weighted by atomic mass is 16.5. The van der Waals surface area contributed by atoms with Gasteiger partial charge in [0.2, 0.25) is 0 Å². The van der Waals surface area contributed by atoms with Crippen LogP contribution in [0.1, 0.15) is 12.5 Å². The molecule has 0 aromatic heterocycles. The van der Waals surface area contributed by atoms with E-state index in [-0.39, 0.29) is 0 Å². The standard InChI is InChI=1S/C15H26N2O2/c1-4-17(8-10-18-3)9-11-19-15-7-5-6-14(12-15)13-16-2/h5-7,12,16H,4,8-11,13H2,1-3H3. The highest BCUT2D eigenvalue weighted by Gasteiger charge is 2.02. The molecule has 0 spiro atoms. The largest absolute Gasteiger partial charge is 0.492 e. The van der Waals surface area contributed by atoms with Crippen LogP contribution in [0.2, 0.25) is 0 Å². The Kier molecular flexibility index (Phi) is 8.21. The van der Waals surface area contributed by atoms with Gasteiger partial charge in [0.05, 0.1) is 6.61 Å². The predicted octanol–water partition coefficient (Wildman–Crippen LogP) is 1.75. The molecule has 1 rings (SSSR count). The van der Waals surface area contributed by atoms with Gasteiger partial charge in [-0.05, 0) is 31.3 Å². The molecular formula is C15H26N2O2. The zero-order chi connectivity index (χ0) is 13.9. The molecule has 0 radical (unpaired) electrons. The molecule has 0 saturated carbocycles. The van der Waals surface area contributed by atoms with Crippen LogP contribution < -0.4 is 10.1 Å². The molecule has 0 aliphatic rings. The molecule has 0 unspecified atom stereocenters. The number of nitrogens with one attached hydrogen (secondary N) is 1. The first-order chi connectivity index (χ1) is 9.30. The van der Waals surface area contributed by atoms with E-state index in [1.165, 1.54) is 5.56 Å². The molecule has 19 heavy (non-hydrogen) atoms. The van der Waals surface area contributed by atoms with Crippen molar-refractivity contribution in [1.82, 2.24) is 10.2 Å². The van der Waals surface area contributed by atoms with Gasteiger partial charge in [-0.2, -0.15) is 0 Å². The molecular weight excluding hydrogens is 240 g/mol. The Labute approximate surface area is 116 Å². The van der Waals surface area contributed by atoms with Crippen molar-refractivity contribution in [2.75, 3.05) is 47.0 Å². The third-order valence-electron chi connectivity index (χ3n) is 3.01. The summed E-state index contributed by atoms with van der Waals surface area (Å²) in [6.07, 6.45) is 0. The second-order valence-electron chi connectivity index (χ2n) is 4.45. The fourth-order valence-corrected chi connectivity index (χ4v) is 1.89. The Morgan fingerprint density at radius 2 is 2.00 bits per heavy atom. The first kappa shape index (κ1) is 16.0. The monoisotopic (exact) mass is 266 g/mol. The van der Waals surface area contributed by atoms with Crippen molar-refractivity contribution in [2.45, 2.75) is 13.5 Å². The van der Waals surface area contributed by atoms with E-state index in [1.807, 2.05) is 19.2 Å². The third-order valence-corrected chi connectivity index (χ3v) is 3.01. The molecule has 1 aromatic rings. The van der Waals surface area contributed by atoms with Crippen molar-refractivity contribution >= 4 is 0 Å². The molecule has 1 aromatic carbocycles. The fraction of sp³-hybridized carbons (Fsp3) is 0.600. The van der Waals surface area contributed by atoms with Crippen molar-refractivity contribution in [3.63, 3.8) is 0 Å². The molecule has 0 saturated heterocycles. The Bertz CT molecular complexity index is 345. The quantitative estimate of drug-likeness (QED) is 0.699. The lowest BCUT2D eigenvalue weighted by Crippen LogP contribution is -2.31. The van der Waals surface area contributed by atoms with Gasteiger partial charge in [0.1, 0.15) is 12.4 Å². The molecule has 0 atom stereocenters. The summed E-state index contributed by atoms with van der Waals surface area (Å²) in [5.74, 6) is 0.940. The molecule has 0 aliphatic heterocycles. The first-order valence-electron chi connectivity index (χ1n) is 6.87. The van der Waals surface area contributed by atoms with Gasteiger partial charge >= 0.3 is 0 Å². The van der Waals surface area contributed by atoms with Gasteiger partial charge < -0.3 is 14.8 Å². The SMILES string of the molecule is CCN(CCOC)CCOc1cccc(CNC)c1. The lowest BCUT2D eigenvalue weighted by Gasteiger charge is -2.20. The van der Waals surface area contributed by atoms with Gasteiger partial charge in [0.15, 0.2) is 0 Å². The molecule has 0 fully saturated rings. The van der Waals surface area contributed by atoms with E-state index in [1.54, 1.807) is 7.11 Å². The number of nitrogens with zero attached hydrogens (tertiary/aromatic N) is 1. The molecule has 0 heterocycles. The second-order valence-corrected chi connectivity index (χ2v) is 4.45. The number of ether oxygens (including phenoxy) is 2. The van der Waals surface area contributed by atoms with E-state index in [2.05, 4.69) is 29.3 Å². The van der Waals surface area contributed by atoms with Crippen molar-refractivity contribution in [3.8, 4) is 5.75 Å². The van der Waals surface area contributed by atoms with Crippen LogP contribution >= 0.6 is 0 Å². The van der Waals surface area contributed by atoms with Crippen LogP contribution in [0.5, 0.6) is 5.75 Å². The van der Waals surface area contributed by atoms with Gasteiger partial charge in [-0.25, -0.2) is 0 Å². The van der Waals surface area contributed by atoms with Crippen molar-refractivity contribution in [1.29, 1.82) is 0 Å². The normalized spacial score (nSPS) is 10.9. The number of rotatable bonds is 10. The average Bonchev–Trinajstić information content (AvgIpc) is 2.43. The number of likely N-dealkylation sites (N-methyl/N-ethyl adjacent to an activating group) is 1. The molecule has 4 nitrogen and oxygen atoms in total. The van der Waals surface area contributed by atoms with Crippen molar-refractivity contribution in [2.24, 2.45) is 0 Å². The van der Waals surface area contributed by atoms with E-state index in [0.29, 0.717) is 6.61 Å². The Morgan fingerprint density at radius 1 is 1.21 bits per heavy atom. The minimum atomic E-state index is 0.709. The lowest BCUT2D eigenvalue weighted by molar-refractivity contribution is 0.138. The summed E-state index contributed by atoms with van der Waals surface area (Å²) in [5, 5.41) is 3.14. The summed E-state index contributed by atoms with van der Waals surface area (Å²) in [6, 6.07) is 8.22. The van der Waals surface area contributed by atoms with Crippen molar-refractivity contribution in [3.05, 3.63) is 29.8 Å². The van der Waals surface area contributed by atoms with Gasteiger partial charge in [-0.15, -0.1) is 0 Å². The number of benzene rings is 1. The van der Waals surface area contributed by atoms with Gasteiger partial charge in [0, 0.05) is 26.7 Å². The maximum Gasteiger partial charge on any atom is 0.119 e. The Morgan fingerprint density at radius 3 is 2.68 bits per heavy atom. The summed E-state index contributed by atoms with van der Waals surface area (Å²) < 4.78 is 10.9. The minimum absolute atomic E-state index is 0.709. The zero-order valence-corrected chi connectivity index (χ0v) is 12.3. The molecule has 108 valence electrons. The first-order valence-corrected chi connectivity index (χ1v) is 6.87. The second kappa shape index (κ2) is 9.78. The van der Waals surface area contributed by atoms with Crippen LogP contribution in [0.4, 0.5) is 0 Å². The predicted molar refractivity (Wildman–Crippen MR) is 78.7 cm³/mol. The maximum absolute atomic E-state index is 5.80. The number of hydrogen-bond donors (Lipinski definition) is 1. The highest BCUT2D eigenvalue weighted by molar-refractivity contribution is 5.28.